The molecule has 1 fully saturated rings. The van der Waals surface area contributed by atoms with E-state index in [1.165, 1.54) is 32.1 Å². The summed E-state index contributed by atoms with van der Waals surface area (Å²) in [5, 5.41) is 9.62. The summed E-state index contributed by atoms with van der Waals surface area (Å²) < 4.78 is 0. The number of hydrogen-bond donors (Lipinski definition) is 1. The van der Waals surface area contributed by atoms with Gasteiger partial charge in [0.1, 0.15) is 6.23 Å². The maximum Gasteiger partial charge on any atom is 0.104 e. The molecule has 1 aliphatic carbocycles. The molecule has 78 valence electrons. The molecule has 1 rings (SSSR count). The highest BCUT2D eigenvalue weighted by Crippen LogP contribution is 2.23. The van der Waals surface area contributed by atoms with Gasteiger partial charge in [0.25, 0.3) is 0 Å². The van der Waals surface area contributed by atoms with E-state index in [1.807, 2.05) is 6.92 Å². The van der Waals surface area contributed by atoms with E-state index in [1.54, 1.807) is 0 Å². The van der Waals surface area contributed by atoms with Gasteiger partial charge in [-0.2, -0.15) is 0 Å². The first-order chi connectivity index (χ1) is 6.25. The van der Waals surface area contributed by atoms with Crippen molar-refractivity contribution in [3.63, 3.8) is 0 Å². The second kappa shape index (κ2) is 5.61. The standard InChI is InChI=1S/C11H23NO/c1-3-9-12(10(2)13)11-7-5-4-6-8-11/h10-11,13H,3-9H2,1-2H3. The van der Waals surface area contributed by atoms with E-state index in [0.29, 0.717) is 6.04 Å². The van der Waals surface area contributed by atoms with E-state index in [-0.39, 0.29) is 6.23 Å². The van der Waals surface area contributed by atoms with Gasteiger partial charge in [-0.25, -0.2) is 0 Å². The van der Waals surface area contributed by atoms with Crippen molar-refractivity contribution in [3.8, 4) is 0 Å². The van der Waals surface area contributed by atoms with E-state index in [4.69, 9.17) is 0 Å². The Balaban J connectivity index is 2.41. The van der Waals surface area contributed by atoms with Crippen molar-refractivity contribution < 1.29 is 5.11 Å². The van der Waals surface area contributed by atoms with E-state index < -0.39 is 0 Å². The van der Waals surface area contributed by atoms with E-state index in [9.17, 15) is 5.11 Å². The van der Waals surface area contributed by atoms with Crippen LogP contribution in [0.2, 0.25) is 0 Å². The quantitative estimate of drug-likeness (QED) is 0.680. The first kappa shape index (κ1) is 11.0. The highest BCUT2D eigenvalue weighted by molar-refractivity contribution is 4.75. The summed E-state index contributed by atoms with van der Waals surface area (Å²) in [7, 11) is 0. The third-order valence-electron chi connectivity index (χ3n) is 3.01. The molecule has 1 aliphatic rings. The highest BCUT2D eigenvalue weighted by Gasteiger charge is 2.22. The Hall–Kier alpha value is -0.0800. The Morgan fingerprint density at radius 1 is 1.31 bits per heavy atom. The molecule has 0 radical (unpaired) electrons. The first-order valence-electron chi connectivity index (χ1n) is 5.69. The fraction of sp³-hybridized carbons (Fsp3) is 1.00. The number of aliphatic hydroxyl groups excluding tert-OH is 1. The van der Waals surface area contributed by atoms with E-state index in [2.05, 4.69) is 11.8 Å². The molecule has 2 heteroatoms. The topological polar surface area (TPSA) is 23.5 Å². The Bertz CT molecular complexity index is 130. The molecule has 0 aromatic carbocycles. The molecule has 1 saturated carbocycles. The van der Waals surface area contributed by atoms with Gasteiger partial charge in [-0.05, 0) is 26.2 Å². The summed E-state index contributed by atoms with van der Waals surface area (Å²) in [5.74, 6) is 0. The summed E-state index contributed by atoms with van der Waals surface area (Å²) in [6.45, 7) is 5.12. The van der Waals surface area contributed by atoms with Gasteiger partial charge in [-0.3, -0.25) is 4.90 Å². The van der Waals surface area contributed by atoms with Crippen LogP contribution in [0.4, 0.5) is 0 Å². The molecular formula is C11H23NO. The number of aliphatic hydroxyl groups is 1. The van der Waals surface area contributed by atoms with Crippen molar-refractivity contribution in [2.75, 3.05) is 6.54 Å². The Labute approximate surface area is 81.9 Å². The monoisotopic (exact) mass is 185 g/mol. The number of nitrogens with zero attached hydrogens (tertiary/aromatic N) is 1. The fourth-order valence-corrected chi connectivity index (χ4v) is 2.35. The number of rotatable bonds is 4. The van der Waals surface area contributed by atoms with Gasteiger partial charge in [0, 0.05) is 12.6 Å². The maximum atomic E-state index is 9.62. The maximum absolute atomic E-state index is 9.62. The Kier molecular flexibility index (Phi) is 4.74. The predicted molar refractivity (Wildman–Crippen MR) is 55.6 cm³/mol. The van der Waals surface area contributed by atoms with Gasteiger partial charge in [0.2, 0.25) is 0 Å². The lowest BCUT2D eigenvalue weighted by molar-refractivity contribution is -0.0217. The van der Waals surface area contributed by atoms with Crippen LogP contribution in [0.1, 0.15) is 52.4 Å². The SMILES string of the molecule is CCCN(C(C)O)C1CCCCC1. The molecular weight excluding hydrogens is 162 g/mol. The highest BCUT2D eigenvalue weighted by atomic mass is 16.3. The van der Waals surface area contributed by atoms with Gasteiger partial charge in [-0.15, -0.1) is 0 Å². The Morgan fingerprint density at radius 2 is 1.92 bits per heavy atom. The summed E-state index contributed by atoms with van der Waals surface area (Å²) in [6.07, 6.45) is 7.52. The van der Waals surface area contributed by atoms with Crippen LogP contribution in [-0.4, -0.2) is 28.8 Å². The van der Waals surface area contributed by atoms with Crippen molar-refractivity contribution >= 4 is 0 Å². The van der Waals surface area contributed by atoms with Gasteiger partial charge in [0.15, 0.2) is 0 Å². The second-order valence-electron chi connectivity index (χ2n) is 4.16. The molecule has 1 unspecified atom stereocenters. The minimum Gasteiger partial charge on any atom is -0.379 e. The molecule has 0 aromatic heterocycles. The molecule has 0 aliphatic heterocycles. The average Bonchev–Trinajstić information content (AvgIpc) is 2.15. The molecule has 0 amide bonds. The normalized spacial score (nSPS) is 22.2. The lowest BCUT2D eigenvalue weighted by atomic mass is 9.94. The lowest BCUT2D eigenvalue weighted by Crippen LogP contribution is -2.43. The molecule has 0 saturated heterocycles. The Morgan fingerprint density at radius 3 is 2.38 bits per heavy atom. The van der Waals surface area contributed by atoms with Crippen molar-refractivity contribution in [2.24, 2.45) is 0 Å². The third-order valence-corrected chi connectivity index (χ3v) is 3.01. The van der Waals surface area contributed by atoms with Gasteiger partial charge in [0.05, 0.1) is 0 Å². The lowest BCUT2D eigenvalue weighted by Gasteiger charge is -2.36. The minimum atomic E-state index is -0.261. The van der Waals surface area contributed by atoms with Gasteiger partial charge < -0.3 is 5.11 Å². The molecule has 13 heavy (non-hydrogen) atoms. The van der Waals surface area contributed by atoms with Crippen LogP contribution in [-0.2, 0) is 0 Å². The van der Waals surface area contributed by atoms with E-state index in [0.717, 1.165) is 13.0 Å². The van der Waals surface area contributed by atoms with Crippen molar-refractivity contribution in [1.82, 2.24) is 4.90 Å². The van der Waals surface area contributed by atoms with E-state index >= 15 is 0 Å². The molecule has 0 heterocycles. The summed E-state index contributed by atoms with van der Waals surface area (Å²) >= 11 is 0. The summed E-state index contributed by atoms with van der Waals surface area (Å²) in [5.41, 5.74) is 0. The molecule has 0 spiro atoms. The molecule has 1 atom stereocenters. The minimum absolute atomic E-state index is 0.261. The van der Waals surface area contributed by atoms with Gasteiger partial charge >= 0.3 is 0 Å². The summed E-state index contributed by atoms with van der Waals surface area (Å²) in [4.78, 5) is 2.26. The van der Waals surface area contributed by atoms with Crippen molar-refractivity contribution in [2.45, 2.75) is 64.6 Å². The largest absolute Gasteiger partial charge is 0.379 e. The molecule has 1 N–H and O–H groups in total. The van der Waals surface area contributed by atoms with Crippen LogP contribution in [0, 0.1) is 0 Å². The molecule has 0 aromatic rings. The second-order valence-corrected chi connectivity index (χ2v) is 4.16. The zero-order chi connectivity index (χ0) is 9.68. The van der Waals surface area contributed by atoms with Crippen molar-refractivity contribution in [3.05, 3.63) is 0 Å². The fourth-order valence-electron chi connectivity index (χ4n) is 2.35. The third kappa shape index (κ3) is 3.28. The van der Waals surface area contributed by atoms with Crippen LogP contribution in [0.5, 0.6) is 0 Å². The average molecular weight is 185 g/mol. The molecule has 2 nitrogen and oxygen atoms in total. The van der Waals surface area contributed by atoms with Crippen LogP contribution in [0.3, 0.4) is 0 Å². The predicted octanol–water partition coefficient (Wildman–Crippen LogP) is 2.37. The smallest absolute Gasteiger partial charge is 0.104 e. The van der Waals surface area contributed by atoms with Crippen molar-refractivity contribution in [1.29, 1.82) is 0 Å². The van der Waals surface area contributed by atoms with Crippen LogP contribution in [0.25, 0.3) is 0 Å². The zero-order valence-corrected chi connectivity index (χ0v) is 9.00. The summed E-state index contributed by atoms with van der Waals surface area (Å²) in [6, 6.07) is 0.647. The van der Waals surface area contributed by atoms with Crippen LogP contribution in [0.15, 0.2) is 0 Å². The van der Waals surface area contributed by atoms with Crippen LogP contribution < -0.4 is 0 Å². The van der Waals surface area contributed by atoms with Crippen LogP contribution >= 0.6 is 0 Å². The molecule has 0 bridgehead atoms. The van der Waals surface area contributed by atoms with Gasteiger partial charge in [-0.1, -0.05) is 26.2 Å². The first-order valence-corrected chi connectivity index (χ1v) is 5.69. The number of hydrogen-bond acceptors (Lipinski definition) is 2. The zero-order valence-electron chi connectivity index (χ0n) is 9.00.